The van der Waals surface area contributed by atoms with Crippen molar-refractivity contribution in [2.75, 3.05) is 5.32 Å². The highest BCUT2D eigenvalue weighted by Gasteiger charge is 2.13. The largest absolute Gasteiger partial charge is 0.478 e. The Balaban J connectivity index is 2.21. The summed E-state index contributed by atoms with van der Waals surface area (Å²) >= 11 is 0.792. The lowest BCUT2D eigenvalue weighted by Crippen LogP contribution is -2.01. The fraction of sp³-hybridized carbons (Fsp3) is 0. The van der Waals surface area contributed by atoms with Crippen LogP contribution in [-0.4, -0.2) is 21.0 Å². The molecule has 1 heterocycles. The number of hydrogen-bond acceptors (Lipinski definition) is 6. The fourth-order valence-corrected chi connectivity index (χ4v) is 1.95. The van der Waals surface area contributed by atoms with E-state index in [0.717, 1.165) is 29.7 Å². The highest BCUT2D eigenvalue weighted by molar-refractivity contribution is 7.18. The summed E-state index contributed by atoms with van der Waals surface area (Å²) in [4.78, 5) is 24.2. The molecule has 0 radical (unpaired) electrons. The Hall–Kier alpha value is -2.55. The van der Waals surface area contributed by atoms with Crippen LogP contribution in [0.15, 0.2) is 24.4 Å². The van der Waals surface area contributed by atoms with Gasteiger partial charge in [0.15, 0.2) is 5.13 Å². The quantitative estimate of drug-likeness (QED) is 0.660. The van der Waals surface area contributed by atoms with Gasteiger partial charge in [0.05, 0.1) is 10.5 Å². The molecule has 0 saturated carbocycles. The Labute approximate surface area is 109 Å². The number of benzene rings is 1. The van der Waals surface area contributed by atoms with Crippen molar-refractivity contribution in [3.8, 4) is 0 Å². The van der Waals surface area contributed by atoms with Crippen molar-refractivity contribution < 1.29 is 19.2 Å². The Morgan fingerprint density at radius 1 is 1.53 bits per heavy atom. The van der Waals surface area contributed by atoms with E-state index in [-0.39, 0.29) is 15.8 Å². The van der Waals surface area contributed by atoms with Gasteiger partial charge in [0.1, 0.15) is 12.0 Å². The van der Waals surface area contributed by atoms with Crippen LogP contribution in [0.5, 0.6) is 0 Å². The maximum atomic E-state index is 13.4. The molecule has 0 saturated heterocycles. The number of anilines is 2. The summed E-state index contributed by atoms with van der Waals surface area (Å²) in [7, 11) is 0. The van der Waals surface area contributed by atoms with Crippen molar-refractivity contribution >= 4 is 33.1 Å². The summed E-state index contributed by atoms with van der Waals surface area (Å²) in [6, 6.07) is 3.43. The number of thiazole rings is 1. The minimum absolute atomic E-state index is 0.148. The van der Waals surface area contributed by atoms with Crippen LogP contribution in [-0.2, 0) is 0 Å². The van der Waals surface area contributed by atoms with E-state index in [9.17, 15) is 19.3 Å². The number of halogens is 1. The smallest absolute Gasteiger partial charge is 0.345 e. The third-order valence-corrected chi connectivity index (χ3v) is 2.99. The molecule has 0 atom stereocenters. The van der Waals surface area contributed by atoms with Gasteiger partial charge in [-0.1, -0.05) is 0 Å². The summed E-state index contributed by atoms with van der Waals surface area (Å²) in [5.74, 6) is -2.27. The number of carboxylic acid groups (broad SMARTS) is 1. The first-order chi connectivity index (χ1) is 8.97. The first-order valence-electron chi connectivity index (χ1n) is 4.87. The van der Waals surface area contributed by atoms with Crippen LogP contribution in [0.2, 0.25) is 0 Å². The minimum Gasteiger partial charge on any atom is -0.478 e. The number of rotatable bonds is 4. The van der Waals surface area contributed by atoms with Crippen molar-refractivity contribution in [3.05, 3.63) is 45.9 Å². The van der Waals surface area contributed by atoms with Gasteiger partial charge in [0, 0.05) is 5.69 Å². The van der Waals surface area contributed by atoms with Crippen LogP contribution in [0.4, 0.5) is 20.2 Å². The summed E-state index contributed by atoms with van der Waals surface area (Å²) in [5.41, 5.74) is -0.192. The lowest BCUT2D eigenvalue weighted by Gasteiger charge is -2.03. The average molecular weight is 283 g/mol. The molecule has 0 fully saturated rings. The Morgan fingerprint density at radius 3 is 2.79 bits per heavy atom. The molecule has 1 aromatic carbocycles. The maximum absolute atomic E-state index is 13.4. The molecule has 0 spiro atoms. The Bertz CT molecular complexity index is 658. The molecule has 9 heteroatoms. The molecule has 0 aliphatic rings. The van der Waals surface area contributed by atoms with Gasteiger partial charge in [-0.15, -0.1) is 0 Å². The summed E-state index contributed by atoms with van der Waals surface area (Å²) in [6.07, 6.45) is 1.08. The standard InChI is InChI=1S/C10H6FN3O4S/c11-7-3-5(1-2-6(7)9(15)16)13-10-12-4-8(19-10)14(17)18/h1-4H,(H,12,13)(H,15,16). The van der Waals surface area contributed by atoms with Gasteiger partial charge in [-0.3, -0.25) is 10.1 Å². The van der Waals surface area contributed by atoms with Gasteiger partial charge >= 0.3 is 11.0 Å². The highest BCUT2D eigenvalue weighted by Crippen LogP contribution is 2.28. The van der Waals surface area contributed by atoms with Gasteiger partial charge in [-0.25, -0.2) is 14.2 Å². The molecule has 98 valence electrons. The fourth-order valence-electron chi connectivity index (χ4n) is 1.30. The predicted octanol–water partition coefficient (Wildman–Crippen LogP) is 2.63. The molecule has 0 aliphatic heterocycles. The lowest BCUT2D eigenvalue weighted by molar-refractivity contribution is -0.380. The van der Waals surface area contributed by atoms with E-state index >= 15 is 0 Å². The van der Waals surface area contributed by atoms with Gasteiger partial charge in [0.2, 0.25) is 0 Å². The first-order valence-corrected chi connectivity index (χ1v) is 5.69. The van der Waals surface area contributed by atoms with Gasteiger partial charge < -0.3 is 10.4 Å². The highest BCUT2D eigenvalue weighted by atomic mass is 32.1. The molecule has 2 N–H and O–H groups in total. The van der Waals surface area contributed by atoms with E-state index in [0.29, 0.717) is 0 Å². The van der Waals surface area contributed by atoms with Crippen LogP contribution in [0.1, 0.15) is 10.4 Å². The van der Waals surface area contributed by atoms with E-state index in [1.165, 1.54) is 6.07 Å². The number of nitrogens with zero attached hydrogens (tertiary/aromatic N) is 2. The van der Waals surface area contributed by atoms with Gasteiger partial charge in [0.25, 0.3) is 0 Å². The summed E-state index contributed by atoms with van der Waals surface area (Å²) in [6.45, 7) is 0. The zero-order valence-electron chi connectivity index (χ0n) is 9.16. The zero-order chi connectivity index (χ0) is 14.0. The second-order valence-electron chi connectivity index (χ2n) is 3.39. The van der Waals surface area contributed by atoms with Crippen LogP contribution < -0.4 is 5.32 Å². The molecule has 0 unspecified atom stereocenters. The molecule has 7 nitrogen and oxygen atoms in total. The van der Waals surface area contributed by atoms with Crippen LogP contribution in [0.3, 0.4) is 0 Å². The number of carbonyl (C=O) groups is 1. The van der Waals surface area contributed by atoms with Crippen molar-refractivity contribution in [2.24, 2.45) is 0 Å². The zero-order valence-corrected chi connectivity index (χ0v) is 9.98. The molecule has 0 bridgehead atoms. The third kappa shape index (κ3) is 2.83. The number of carboxylic acids is 1. The molecular weight excluding hydrogens is 277 g/mol. The second-order valence-corrected chi connectivity index (χ2v) is 4.39. The molecule has 1 aromatic heterocycles. The van der Waals surface area contributed by atoms with E-state index in [4.69, 9.17) is 5.11 Å². The van der Waals surface area contributed by atoms with E-state index < -0.39 is 22.3 Å². The number of aromatic nitrogens is 1. The van der Waals surface area contributed by atoms with Crippen LogP contribution in [0.25, 0.3) is 0 Å². The van der Waals surface area contributed by atoms with E-state index in [1.54, 1.807) is 0 Å². The Kier molecular flexibility index (Phi) is 3.38. The first kappa shape index (κ1) is 12.9. The van der Waals surface area contributed by atoms with Crippen molar-refractivity contribution in [1.29, 1.82) is 0 Å². The normalized spacial score (nSPS) is 10.2. The molecule has 0 amide bonds. The molecular formula is C10H6FN3O4S. The van der Waals surface area contributed by atoms with Crippen molar-refractivity contribution in [2.45, 2.75) is 0 Å². The minimum atomic E-state index is -1.37. The predicted molar refractivity (Wildman–Crippen MR) is 65.4 cm³/mol. The van der Waals surface area contributed by atoms with Crippen LogP contribution in [0, 0.1) is 15.9 Å². The Morgan fingerprint density at radius 2 is 2.26 bits per heavy atom. The van der Waals surface area contributed by atoms with Gasteiger partial charge in [-0.2, -0.15) is 0 Å². The number of hydrogen-bond donors (Lipinski definition) is 2. The number of nitro groups is 1. The molecule has 2 aromatic rings. The van der Waals surface area contributed by atoms with E-state index in [1.807, 2.05) is 0 Å². The topological polar surface area (TPSA) is 105 Å². The average Bonchev–Trinajstić information content (AvgIpc) is 2.77. The number of aromatic carboxylic acids is 1. The van der Waals surface area contributed by atoms with Crippen molar-refractivity contribution in [1.82, 2.24) is 4.98 Å². The van der Waals surface area contributed by atoms with Crippen LogP contribution >= 0.6 is 11.3 Å². The SMILES string of the molecule is O=C(O)c1ccc(Nc2ncc([N+](=O)[O-])s2)cc1F. The maximum Gasteiger partial charge on any atom is 0.345 e. The monoisotopic (exact) mass is 283 g/mol. The molecule has 0 aliphatic carbocycles. The van der Waals surface area contributed by atoms with E-state index in [2.05, 4.69) is 10.3 Å². The van der Waals surface area contributed by atoms with Crippen molar-refractivity contribution in [3.63, 3.8) is 0 Å². The summed E-state index contributed by atoms with van der Waals surface area (Å²) < 4.78 is 13.4. The lowest BCUT2D eigenvalue weighted by atomic mass is 10.2. The van der Waals surface area contributed by atoms with Gasteiger partial charge in [-0.05, 0) is 29.5 Å². The number of nitrogens with one attached hydrogen (secondary N) is 1. The second kappa shape index (κ2) is 4.98. The molecule has 2 rings (SSSR count). The summed E-state index contributed by atoms with van der Waals surface area (Å²) in [5, 5.41) is 21.9. The molecule has 19 heavy (non-hydrogen) atoms. The third-order valence-electron chi connectivity index (χ3n) is 2.12.